The van der Waals surface area contributed by atoms with Crippen molar-refractivity contribution in [2.75, 3.05) is 13.1 Å². The van der Waals surface area contributed by atoms with Gasteiger partial charge >= 0.3 is 0 Å². The van der Waals surface area contributed by atoms with Gasteiger partial charge in [0.25, 0.3) is 5.91 Å². The molecule has 1 aliphatic heterocycles. The molecule has 0 aromatic carbocycles. The number of rotatable bonds is 1. The fourth-order valence-corrected chi connectivity index (χ4v) is 2.32. The number of nitrogens with zero attached hydrogens (tertiary/aromatic N) is 1. The minimum atomic E-state index is -0.324. The Hall–Kier alpha value is -0.710. The minimum absolute atomic E-state index is 0.0913. The maximum Gasteiger partial charge on any atom is 0.270 e. The van der Waals surface area contributed by atoms with Crippen molar-refractivity contribution in [2.45, 2.75) is 19.4 Å². The highest BCUT2D eigenvalue weighted by molar-refractivity contribution is 6.41. The Labute approximate surface area is 110 Å². The zero-order valence-corrected chi connectivity index (χ0v) is 10.9. The molecule has 94 valence electrons. The largest absolute Gasteiger partial charge is 0.393 e. The van der Waals surface area contributed by atoms with Crippen LogP contribution in [-0.2, 0) is 0 Å². The van der Waals surface area contributed by atoms with E-state index >= 15 is 0 Å². The van der Waals surface area contributed by atoms with Crippen molar-refractivity contribution < 1.29 is 9.90 Å². The van der Waals surface area contributed by atoms with Crippen molar-refractivity contribution in [3.05, 3.63) is 21.9 Å². The second-order valence-corrected chi connectivity index (χ2v) is 5.21. The molecule has 17 heavy (non-hydrogen) atoms. The molecule has 1 aromatic rings. The summed E-state index contributed by atoms with van der Waals surface area (Å²) in [6.45, 7) is 3.03. The lowest BCUT2D eigenvalue weighted by Crippen LogP contribution is -2.45. The number of carbonyl (C=O) groups excluding carboxylic acids is 1. The van der Waals surface area contributed by atoms with Gasteiger partial charge in [0, 0.05) is 13.1 Å². The molecule has 0 bridgehead atoms. The highest BCUT2D eigenvalue weighted by Crippen LogP contribution is 2.24. The van der Waals surface area contributed by atoms with Gasteiger partial charge in [-0.2, -0.15) is 0 Å². The number of halogens is 2. The Kier molecular flexibility index (Phi) is 3.66. The van der Waals surface area contributed by atoms with E-state index in [9.17, 15) is 9.90 Å². The fraction of sp³-hybridized carbons (Fsp3) is 0.545. The Morgan fingerprint density at radius 1 is 1.59 bits per heavy atom. The summed E-state index contributed by atoms with van der Waals surface area (Å²) in [6, 6.07) is 1.53. The van der Waals surface area contributed by atoms with Gasteiger partial charge in [-0.3, -0.25) is 4.79 Å². The molecular formula is C11H14Cl2N2O2. The van der Waals surface area contributed by atoms with Crippen LogP contribution in [0.4, 0.5) is 0 Å². The first-order valence-corrected chi connectivity index (χ1v) is 6.26. The van der Waals surface area contributed by atoms with Crippen molar-refractivity contribution in [1.29, 1.82) is 0 Å². The molecule has 4 nitrogen and oxygen atoms in total. The minimum Gasteiger partial charge on any atom is -0.393 e. The van der Waals surface area contributed by atoms with Crippen LogP contribution in [-0.4, -0.2) is 40.1 Å². The number of carbonyl (C=O) groups is 1. The molecule has 1 amide bonds. The first-order valence-electron chi connectivity index (χ1n) is 5.50. The number of aliphatic hydroxyl groups is 1. The van der Waals surface area contributed by atoms with Gasteiger partial charge in [0.2, 0.25) is 0 Å². The van der Waals surface area contributed by atoms with Gasteiger partial charge in [0.1, 0.15) is 10.8 Å². The van der Waals surface area contributed by atoms with Crippen LogP contribution in [0.2, 0.25) is 10.2 Å². The molecule has 2 N–H and O–H groups in total. The number of piperidine rings is 1. The SMILES string of the molecule is CC1CN(C(=O)c2cc(Cl)c(Cl)[nH]2)CCC1O. The summed E-state index contributed by atoms with van der Waals surface area (Å²) in [5, 5.41) is 10.2. The number of aromatic nitrogens is 1. The van der Waals surface area contributed by atoms with Crippen LogP contribution < -0.4 is 0 Å². The lowest BCUT2D eigenvalue weighted by molar-refractivity contribution is 0.0294. The van der Waals surface area contributed by atoms with Crippen molar-refractivity contribution in [2.24, 2.45) is 5.92 Å². The normalized spacial score (nSPS) is 25.1. The third-order valence-electron chi connectivity index (χ3n) is 3.10. The number of aliphatic hydroxyl groups excluding tert-OH is 1. The smallest absolute Gasteiger partial charge is 0.270 e. The van der Waals surface area contributed by atoms with Gasteiger partial charge < -0.3 is 15.0 Å². The quantitative estimate of drug-likeness (QED) is 0.826. The molecule has 1 aromatic heterocycles. The zero-order valence-electron chi connectivity index (χ0n) is 9.41. The molecule has 1 aliphatic rings. The maximum absolute atomic E-state index is 12.1. The second-order valence-electron chi connectivity index (χ2n) is 4.43. The number of likely N-dealkylation sites (tertiary alicyclic amines) is 1. The summed E-state index contributed by atoms with van der Waals surface area (Å²) < 4.78 is 0. The van der Waals surface area contributed by atoms with Gasteiger partial charge in [0.15, 0.2) is 0 Å². The molecule has 6 heteroatoms. The highest BCUT2D eigenvalue weighted by Gasteiger charge is 2.28. The van der Waals surface area contributed by atoms with Gasteiger partial charge in [-0.05, 0) is 18.4 Å². The van der Waals surface area contributed by atoms with Crippen molar-refractivity contribution in [3.8, 4) is 0 Å². The number of nitrogens with one attached hydrogen (secondary N) is 1. The van der Waals surface area contributed by atoms with Crippen LogP contribution in [0.1, 0.15) is 23.8 Å². The monoisotopic (exact) mass is 276 g/mol. The van der Waals surface area contributed by atoms with E-state index in [0.717, 1.165) is 0 Å². The number of H-pyrrole nitrogens is 1. The van der Waals surface area contributed by atoms with Gasteiger partial charge in [-0.25, -0.2) is 0 Å². The summed E-state index contributed by atoms with van der Waals surface area (Å²) in [6.07, 6.45) is 0.282. The summed E-state index contributed by atoms with van der Waals surface area (Å²) in [4.78, 5) is 16.6. The van der Waals surface area contributed by atoms with Crippen LogP contribution in [0.15, 0.2) is 6.07 Å². The Morgan fingerprint density at radius 3 is 2.82 bits per heavy atom. The predicted octanol–water partition coefficient (Wildman–Crippen LogP) is 2.16. The topological polar surface area (TPSA) is 56.3 Å². The molecule has 2 atom stereocenters. The fourth-order valence-electron chi connectivity index (χ4n) is 2.01. The Morgan fingerprint density at radius 2 is 2.29 bits per heavy atom. The van der Waals surface area contributed by atoms with E-state index in [1.165, 1.54) is 6.07 Å². The average Bonchev–Trinajstić information content (AvgIpc) is 2.62. The van der Waals surface area contributed by atoms with E-state index < -0.39 is 0 Å². The molecule has 0 radical (unpaired) electrons. The molecule has 0 aliphatic carbocycles. The third kappa shape index (κ3) is 2.59. The molecule has 0 spiro atoms. The zero-order chi connectivity index (χ0) is 12.6. The molecule has 0 saturated carbocycles. The molecule has 1 saturated heterocycles. The van der Waals surface area contributed by atoms with Gasteiger partial charge in [-0.1, -0.05) is 30.1 Å². The number of hydrogen-bond donors (Lipinski definition) is 2. The first-order chi connectivity index (χ1) is 7.99. The van der Waals surface area contributed by atoms with Crippen LogP contribution >= 0.6 is 23.2 Å². The molecular weight excluding hydrogens is 263 g/mol. The summed E-state index contributed by atoms with van der Waals surface area (Å²) >= 11 is 11.6. The number of aromatic amines is 1. The van der Waals surface area contributed by atoms with Gasteiger partial charge in [0.05, 0.1) is 11.1 Å². The van der Waals surface area contributed by atoms with Crippen molar-refractivity contribution >= 4 is 29.1 Å². The van der Waals surface area contributed by atoms with Crippen molar-refractivity contribution in [3.63, 3.8) is 0 Å². The number of hydrogen-bond acceptors (Lipinski definition) is 2. The predicted molar refractivity (Wildman–Crippen MR) is 66.5 cm³/mol. The molecule has 1 fully saturated rings. The Balaban J connectivity index is 2.10. The van der Waals surface area contributed by atoms with E-state index in [1.54, 1.807) is 4.90 Å². The van der Waals surface area contributed by atoms with Crippen LogP contribution in [0.3, 0.4) is 0 Å². The summed E-state index contributed by atoms with van der Waals surface area (Å²) in [5.74, 6) is -0.0360. The van der Waals surface area contributed by atoms with E-state index in [4.69, 9.17) is 23.2 Å². The van der Waals surface area contributed by atoms with E-state index in [-0.39, 0.29) is 23.1 Å². The standard InChI is InChI=1S/C11H14Cl2N2O2/c1-6-5-15(3-2-9(6)16)11(17)8-4-7(12)10(13)14-8/h4,6,9,14,16H,2-3,5H2,1H3. The average molecular weight is 277 g/mol. The molecule has 2 rings (SSSR count). The summed E-state index contributed by atoms with van der Waals surface area (Å²) in [5.41, 5.74) is 0.392. The van der Waals surface area contributed by atoms with E-state index in [1.807, 2.05) is 6.92 Å². The van der Waals surface area contributed by atoms with E-state index in [0.29, 0.717) is 30.2 Å². The lowest BCUT2D eigenvalue weighted by Gasteiger charge is -2.34. The number of amides is 1. The van der Waals surface area contributed by atoms with E-state index in [2.05, 4.69) is 4.98 Å². The third-order valence-corrected chi connectivity index (χ3v) is 3.80. The van der Waals surface area contributed by atoms with Gasteiger partial charge in [-0.15, -0.1) is 0 Å². The molecule has 2 unspecified atom stereocenters. The summed E-state index contributed by atoms with van der Waals surface area (Å²) in [7, 11) is 0. The lowest BCUT2D eigenvalue weighted by atomic mass is 9.96. The van der Waals surface area contributed by atoms with Crippen LogP contribution in [0.25, 0.3) is 0 Å². The van der Waals surface area contributed by atoms with Crippen LogP contribution in [0, 0.1) is 5.92 Å². The van der Waals surface area contributed by atoms with Crippen LogP contribution in [0.5, 0.6) is 0 Å². The molecule has 2 heterocycles. The second kappa shape index (κ2) is 4.88. The van der Waals surface area contributed by atoms with Crippen molar-refractivity contribution in [1.82, 2.24) is 9.88 Å². The highest BCUT2D eigenvalue weighted by atomic mass is 35.5. The first kappa shape index (κ1) is 12.7. The maximum atomic E-state index is 12.1. The Bertz CT molecular complexity index is 414.